The lowest BCUT2D eigenvalue weighted by atomic mass is 10.1. The molecule has 1 saturated carbocycles. The maximum absolute atomic E-state index is 9.47. The molecule has 2 heterocycles. The maximum atomic E-state index is 9.47. The molecule has 0 spiro atoms. The Morgan fingerprint density at radius 2 is 2.23 bits per heavy atom. The quantitative estimate of drug-likeness (QED) is 0.698. The maximum Gasteiger partial charge on any atom is 0.111 e. The van der Waals surface area contributed by atoms with Gasteiger partial charge in [-0.25, -0.2) is 4.98 Å². The van der Waals surface area contributed by atoms with Gasteiger partial charge in [0.15, 0.2) is 0 Å². The fourth-order valence-corrected chi connectivity index (χ4v) is 2.01. The van der Waals surface area contributed by atoms with Crippen LogP contribution in [0.3, 0.4) is 0 Å². The molecule has 70 valence electrons. The van der Waals surface area contributed by atoms with Gasteiger partial charge in [-0.15, -0.1) is 0 Å². The molecule has 13 heavy (non-hydrogen) atoms. The lowest BCUT2D eigenvalue weighted by Crippen LogP contribution is -2.22. The summed E-state index contributed by atoms with van der Waals surface area (Å²) in [7, 11) is 0. The van der Waals surface area contributed by atoms with Crippen LogP contribution >= 0.6 is 0 Å². The van der Waals surface area contributed by atoms with Crippen molar-refractivity contribution in [2.24, 2.45) is 0 Å². The molecule has 0 saturated heterocycles. The number of hydrogen-bond donors (Lipinski definition) is 1. The molecule has 2 aliphatic rings. The third-order valence-electron chi connectivity index (χ3n) is 2.99. The van der Waals surface area contributed by atoms with Crippen LogP contribution in [0.5, 0.6) is 0 Å². The number of aliphatic hydroxyl groups is 1. The minimum absolute atomic E-state index is 0.165. The molecule has 0 radical (unpaired) electrons. The van der Waals surface area contributed by atoms with Crippen LogP contribution in [0.2, 0.25) is 0 Å². The van der Waals surface area contributed by atoms with Crippen LogP contribution in [0, 0.1) is 0 Å². The predicted molar refractivity (Wildman–Crippen MR) is 48.5 cm³/mol. The fraction of sp³-hybridized carbons (Fsp3) is 0.700. The average Bonchev–Trinajstić information content (AvgIpc) is 2.87. The molecule has 0 aromatic carbocycles. The van der Waals surface area contributed by atoms with E-state index in [1.165, 1.54) is 18.5 Å². The Morgan fingerprint density at radius 1 is 1.38 bits per heavy atom. The van der Waals surface area contributed by atoms with Crippen molar-refractivity contribution in [3.63, 3.8) is 0 Å². The van der Waals surface area contributed by atoms with Crippen molar-refractivity contribution >= 4 is 0 Å². The third kappa shape index (κ3) is 1.27. The second kappa shape index (κ2) is 2.58. The van der Waals surface area contributed by atoms with Gasteiger partial charge in [0.05, 0.1) is 11.8 Å². The molecule has 3 nitrogen and oxygen atoms in total. The zero-order chi connectivity index (χ0) is 8.84. The first-order valence-corrected chi connectivity index (χ1v) is 5.07. The predicted octanol–water partition coefficient (Wildman–Crippen LogP) is 1.07. The summed E-state index contributed by atoms with van der Waals surface area (Å²) in [4.78, 5) is 4.57. The Hall–Kier alpha value is -0.830. The van der Waals surface area contributed by atoms with Gasteiger partial charge in [-0.3, -0.25) is 0 Å². The van der Waals surface area contributed by atoms with Gasteiger partial charge < -0.3 is 9.67 Å². The molecule has 3 rings (SSSR count). The van der Waals surface area contributed by atoms with Gasteiger partial charge in [0.1, 0.15) is 5.82 Å². The van der Waals surface area contributed by atoms with E-state index in [0.717, 1.165) is 31.1 Å². The third-order valence-corrected chi connectivity index (χ3v) is 2.99. The van der Waals surface area contributed by atoms with Crippen molar-refractivity contribution < 1.29 is 5.11 Å². The molecule has 1 fully saturated rings. The zero-order valence-electron chi connectivity index (χ0n) is 7.61. The highest BCUT2D eigenvalue weighted by molar-refractivity contribution is 5.16. The van der Waals surface area contributed by atoms with Gasteiger partial charge in [0, 0.05) is 25.1 Å². The Kier molecular flexibility index (Phi) is 1.50. The molecular formula is C10H14N2O. The summed E-state index contributed by atoms with van der Waals surface area (Å²) in [6.45, 7) is 0.941. The molecule has 1 aromatic heterocycles. The van der Waals surface area contributed by atoms with Crippen LogP contribution < -0.4 is 0 Å². The second-order valence-electron chi connectivity index (χ2n) is 4.20. The van der Waals surface area contributed by atoms with Crippen LogP contribution in [0.1, 0.15) is 36.7 Å². The molecule has 1 unspecified atom stereocenters. The molecule has 0 bridgehead atoms. The largest absolute Gasteiger partial charge is 0.393 e. The highest BCUT2D eigenvalue weighted by atomic mass is 16.3. The number of aromatic nitrogens is 2. The Morgan fingerprint density at radius 3 is 3.00 bits per heavy atom. The summed E-state index contributed by atoms with van der Waals surface area (Å²) in [5.41, 5.74) is 1.25. The standard InChI is InChI=1S/C10H14N2O/c13-8-3-4-12-6-9(7-1-2-7)11-10(12)5-8/h6-8,13H,1-5H2. The van der Waals surface area contributed by atoms with Gasteiger partial charge >= 0.3 is 0 Å². The second-order valence-corrected chi connectivity index (χ2v) is 4.20. The first kappa shape index (κ1) is 7.56. The highest BCUT2D eigenvalue weighted by Crippen LogP contribution is 2.39. The first-order chi connectivity index (χ1) is 6.33. The highest BCUT2D eigenvalue weighted by Gasteiger charge is 2.28. The van der Waals surface area contributed by atoms with Crippen LogP contribution in [0.4, 0.5) is 0 Å². The van der Waals surface area contributed by atoms with Crippen LogP contribution in [0.25, 0.3) is 0 Å². The van der Waals surface area contributed by atoms with Gasteiger partial charge in [-0.2, -0.15) is 0 Å². The van der Waals surface area contributed by atoms with E-state index in [-0.39, 0.29) is 6.10 Å². The van der Waals surface area contributed by atoms with E-state index in [4.69, 9.17) is 0 Å². The Bertz CT molecular complexity index is 328. The molecule has 1 atom stereocenters. The van der Waals surface area contributed by atoms with Crippen molar-refractivity contribution in [3.8, 4) is 0 Å². The van der Waals surface area contributed by atoms with Crippen LogP contribution in [-0.4, -0.2) is 20.8 Å². The minimum Gasteiger partial charge on any atom is -0.393 e. The van der Waals surface area contributed by atoms with Crippen molar-refractivity contribution in [3.05, 3.63) is 17.7 Å². The number of hydrogen-bond acceptors (Lipinski definition) is 2. The normalized spacial score (nSPS) is 27.3. The van der Waals surface area contributed by atoms with Gasteiger partial charge in [-0.1, -0.05) is 0 Å². The van der Waals surface area contributed by atoms with E-state index >= 15 is 0 Å². The molecule has 1 N–H and O–H groups in total. The molecular weight excluding hydrogens is 164 g/mol. The van der Waals surface area contributed by atoms with Crippen molar-refractivity contribution in [2.45, 2.75) is 44.2 Å². The van der Waals surface area contributed by atoms with E-state index in [2.05, 4.69) is 15.7 Å². The minimum atomic E-state index is -0.165. The number of fused-ring (bicyclic) bond motifs is 1. The van der Waals surface area contributed by atoms with Gasteiger partial charge in [0.25, 0.3) is 0 Å². The van der Waals surface area contributed by atoms with Crippen molar-refractivity contribution in [2.75, 3.05) is 0 Å². The molecule has 0 amide bonds. The number of rotatable bonds is 1. The smallest absolute Gasteiger partial charge is 0.111 e. The fourth-order valence-electron chi connectivity index (χ4n) is 2.01. The average molecular weight is 178 g/mol. The number of imidazole rings is 1. The first-order valence-electron chi connectivity index (χ1n) is 5.07. The molecule has 1 aliphatic carbocycles. The monoisotopic (exact) mass is 178 g/mol. The van der Waals surface area contributed by atoms with Crippen molar-refractivity contribution in [1.29, 1.82) is 0 Å². The summed E-state index contributed by atoms with van der Waals surface area (Å²) in [5.74, 6) is 1.82. The summed E-state index contributed by atoms with van der Waals surface area (Å²) in [5, 5.41) is 9.47. The zero-order valence-corrected chi connectivity index (χ0v) is 7.61. The summed E-state index contributed by atoms with van der Waals surface area (Å²) < 4.78 is 2.21. The van der Waals surface area contributed by atoms with E-state index < -0.39 is 0 Å². The van der Waals surface area contributed by atoms with E-state index in [1.807, 2.05) is 0 Å². The Balaban J connectivity index is 1.93. The summed E-state index contributed by atoms with van der Waals surface area (Å²) in [6, 6.07) is 0. The van der Waals surface area contributed by atoms with E-state index in [9.17, 15) is 5.11 Å². The van der Waals surface area contributed by atoms with E-state index in [0.29, 0.717) is 0 Å². The Labute approximate surface area is 77.4 Å². The van der Waals surface area contributed by atoms with Crippen LogP contribution in [0.15, 0.2) is 6.20 Å². The molecule has 1 aromatic rings. The topological polar surface area (TPSA) is 38.0 Å². The lowest BCUT2D eigenvalue weighted by molar-refractivity contribution is 0.141. The number of nitrogens with zero attached hydrogens (tertiary/aromatic N) is 2. The number of aryl methyl sites for hydroxylation is 1. The van der Waals surface area contributed by atoms with Crippen molar-refractivity contribution in [1.82, 2.24) is 9.55 Å². The van der Waals surface area contributed by atoms with Crippen LogP contribution in [-0.2, 0) is 13.0 Å². The SMILES string of the molecule is OC1CCn2cc(C3CC3)nc2C1. The molecule has 1 aliphatic heterocycles. The van der Waals surface area contributed by atoms with Gasteiger partial charge in [-0.05, 0) is 19.3 Å². The number of aliphatic hydroxyl groups excluding tert-OH is 1. The summed E-state index contributed by atoms with van der Waals surface area (Å²) in [6.07, 6.45) is 6.25. The van der Waals surface area contributed by atoms with E-state index in [1.54, 1.807) is 0 Å². The van der Waals surface area contributed by atoms with Gasteiger partial charge in [0.2, 0.25) is 0 Å². The summed E-state index contributed by atoms with van der Waals surface area (Å²) >= 11 is 0. The molecule has 3 heteroatoms. The lowest BCUT2D eigenvalue weighted by Gasteiger charge is -2.18.